The van der Waals surface area contributed by atoms with Crippen LogP contribution in [0.1, 0.15) is 70.8 Å². The zero-order valence-corrected chi connectivity index (χ0v) is 17.8. The van der Waals surface area contributed by atoms with E-state index in [0.717, 1.165) is 50.5 Å². The van der Waals surface area contributed by atoms with Crippen LogP contribution in [-0.2, 0) is 0 Å². The number of fused-ring (bicyclic) bond motifs is 5. The molecule has 5 rings (SSSR count). The molecule has 2 heteroatoms. The molecule has 0 unspecified atom stereocenters. The van der Waals surface area contributed by atoms with E-state index in [1.165, 1.54) is 12.0 Å². The fourth-order valence-corrected chi connectivity index (χ4v) is 7.56. The molecular weight excluding hydrogens is 356 g/mol. The first-order chi connectivity index (χ1) is 13.9. The lowest BCUT2D eigenvalue weighted by atomic mass is 9.47. The van der Waals surface area contributed by atoms with E-state index in [4.69, 9.17) is 0 Å². The standard InChI is InChI=1S/C27H34O2/c1-25-14-11-21(28)18-20(25)8-9-22-23(25)12-15-26(2)24(22)13-17-27(26,29)16-10-19-6-4-3-5-7-19/h3-8,21-24,28-29H,9,11-15,17-18H2,1-2H3/t21-,22-,23+,24+,25-,26+,27-/m0/s1. The molecule has 0 spiro atoms. The Morgan fingerprint density at radius 2 is 1.72 bits per heavy atom. The van der Waals surface area contributed by atoms with Gasteiger partial charge in [-0.1, -0.05) is 55.5 Å². The first-order valence-electron chi connectivity index (χ1n) is 11.5. The zero-order valence-electron chi connectivity index (χ0n) is 17.8. The van der Waals surface area contributed by atoms with E-state index < -0.39 is 5.60 Å². The molecule has 29 heavy (non-hydrogen) atoms. The number of hydrogen-bond donors (Lipinski definition) is 2. The molecule has 1 aromatic carbocycles. The minimum Gasteiger partial charge on any atom is -0.393 e. The van der Waals surface area contributed by atoms with E-state index >= 15 is 0 Å². The third-order valence-electron chi connectivity index (χ3n) is 9.42. The van der Waals surface area contributed by atoms with Gasteiger partial charge in [0.25, 0.3) is 0 Å². The Morgan fingerprint density at radius 3 is 2.52 bits per heavy atom. The highest BCUT2D eigenvalue weighted by atomic mass is 16.3. The van der Waals surface area contributed by atoms with Crippen LogP contribution in [0.4, 0.5) is 0 Å². The number of aliphatic hydroxyl groups is 2. The first kappa shape index (κ1) is 19.4. The number of allylic oxidation sites excluding steroid dienone is 1. The van der Waals surface area contributed by atoms with E-state index in [-0.39, 0.29) is 16.9 Å². The second-order valence-corrected chi connectivity index (χ2v) is 10.6. The molecule has 1 aromatic rings. The zero-order chi connectivity index (χ0) is 20.3. The lowest BCUT2D eigenvalue weighted by Gasteiger charge is -2.58. The maximum atomic E-state index is 11.7. The summed E-state index contributed by atoms with van der Waals surface area (Å²) in [6.07, 6.45) is 10.5. The molecule has 7 atom stereocenters. The summed E-state index contributed by atoms with van der Waals surface area (Å²) in [6.45, 7) is 4.77. The van der Waals surface area contributed by atoms with Crippen molar-refractivity contribution in [3.8, 4) is 11.8 Å². The van der Waals surface area contributed by atoms with Gasteiger partial charge in [-0.2, -0.15) is 0 Å². The third kappa shape index (κ3) is 2.85. The molecule has 0 saturated heterocycles. The second-order valence-electron chi connectivity index (χ2n) is 10.6. The molecule has 2 nitrogen and oxygen atoms in total. The lowest BCUT2D eigenvalue weighted by molar-refractivity contribution is -0.0970. The van der Waals surface area contributed by atoms with Gasteiger partial charge in [0.15, 0.2) is 0 Å². The summed E-state index contributed by atoms with van der Waals surface area (Å²) in [5, 5.41) is 21.9. The maximum absolute atomic E-state index is 11.7. The van der Waals surface area contributed by atoms with Gasteiger partial charge < -0.3 is 10.2 Å². The molecule has 154 valence electrons. The Labute approximate surface area is 175 Å². The van der Waals surface area contributed by atoms with E-state index in [0.29, 0.717) is 17.8 Å². The van der Waals surface area contributed by atoms with Crippen molar-refractivity contribution in [1.82, 2.24) is 0 Å². The summed E-state index contributed by atoms with van der Waals surface area (Å²) in [5.74, 6) is 8.49. The molecule has 0 aromatic heterocycles. The summed E-state index contributed by atoms with van der Waals surface area (Å²) < 4.78 is 0. The van der Waals surface area contributed by atoms with Crippen LogP contribution in [0.2, 0.25) is 0 Å². The van der Waals surface area contributed by atoms with Crippen LogP contribution in [0.25, 0.3) is 0 Å². The average molecular weight is 391 g/mol. The van der Waals surface area contributed by atoms with Crippen LogP contribution >= 0.6 is 0 Å². The van der Waals surface area contributed by atoms with Crippen molar-refractivity contribution in [1.29, 1.82) is 0 Å². The van der Waals surface area contributed by atoms with Gasteiger partial charge in [-0.05, 0) is 86.7 Å². The minimum atomic E-state index is -0.883. The highest BCUT2D eigenvalue weighted by Gasteiger charge is 2.63. The van der Waals surface area contributed by atoms with Crippen molar-refractivity contribution in [3.05, 3.63) is 47.5 Å². The summed E-state index contributed by atoms with van der Waals surface area (Å²) in [6, 6.07) is 10.1. The van der Waals surface area contributed by atoms with Crippen LogP contribution in [0, 0.1) is 40.4 Å². The molecule has 4 aliphatic carbocycles. The fourth-order valence-electron chi connectivity index (χ4n) is 7.56. The Kier molecular flexibility index (Phi) is 4.50. The van der Waals surface area contributed by atoms with Crippen LogP contribution in [0.5, 0.6) is 0 Å². The molecule has 2 N–H and O–H groups in total. The van der Waals surface area contributed by atoms with Crippen LogP contribution in [0.3, 0.4) is 0 Å². The van der Waals surface area contributed by atoms with Gasteiger partial charge in [0, 0.05) is 11.0 Å². The largest absolute Gasteiger partial charge is 0.393 e. The molecule has 3 saturated carbocycles. The van der Waals surface area contributed by atoms with E-state index in [1.807, 2.05) is 30.3 Å². The smallest absolute Gasteiger partial charge is 0.131 e. The van der Waals surface area contributed by atoms with Gasteiger partial charge in [-0.25, -0.2) is 0 Å². The molecule has 0 amide bonds. The summed E-state index contributed by atoms with van der Waals surface area (Å²) in [5.41, 5.74) is 1.75. The normalized spacial score (nSPS) is 45.9. The van der Waals surface area contributed by atoms with Crippen LogP contribution < -0.4 is 0 Å². The predicted octanol–water partition coefficient (Wildman–Crippen LogP) is 5.09. The van der Waals surface area contributed by atoms with Crippen LogP contribution in [-0.4, -0.2) is 21.9 Å². The highest BCUT2D eigenvalue weighted by molar-refractivity contribution is 5.38. The van der Waals surface area contributed by atoms with E-state index in [9.17, 15) is 10.2 Å². The Morgan fingerprint density at radius 1 is 0.966 bits per heavy atom. The summed E-state index contributed by atoms with van der Waals surface area (Å²) in [4.78, 5) is 0. The van der Waals surface area contributed by atoms with Crippen molar-refractivity contribution in [2.75, 3.05) is 0 Å². The van der Waals surface area contributed by atoms with Gasteiger partial charge in [0.05, 0.1) is 6.10 Å². The van der Waals surface area contributed by atoms with Crippen molar-refractivity contribution >= 4 is 0 Å². The van der Waals surface area contributed by atoms with Gasteiger partial charge in [-0.15, -0.1) is 0 Å². The monoisotopic (exact) mass is 390 g/mol. The third-order valence-corrected chi connectivity index (χ3v) is 9.42. The molecule has 4 aliphatic rings. The first-order valence-corrected chi connectivity index (χ1v) is 11.5. The van der Waals surface area contributed by atoms with Gasteiger partial charge in [-0.3, -0.25) is 0 Å². The number of hydrogen-bond acceptors (Lipinski definition) is 2. The number of aliphatic hydroxyl groups excluding tert-OH is 1. The van der Waals surface area contributed by atoms with Gasteiger partial charge in [0.2, 0.25) is 0 Å². The Hall–Kier alpha value is -1.56. The Balaban J connectivity index is 1.45. The van der Waals surface area contributed by atoms with Gasteiger partial charge >= 0.3 is 0 Å². The lowest BCUT2D eigenvalue weighted by Crippen LogP contribution is -2.54. The second kappa shape index (κ2) is 6.73. The number of benzene rings is 1. The topological polar surface area (TPSA) is 40.5 Å². The van der Waals surface area contributed by atoms with Crippen molar-refractivity contribution in [2.24, 2.45) is 28.6 Å². The molecule has 0 heterocycles. The maximum Gasteiger partial charge on any atom is 0.131 e. The van der Waals surface area contributed by atoms with E-state index in [2.05, 4.69) is 31.8 Å². The van der Waals surface area contributed by atoms with Crippen molar-refractivity contribution in [3.63, 3.8) is 0 Å². The van der Waals surface area contributed by atoms with Crippen molar-refractivity contribution in [2.45, 2.75) is 76.9 Å². The van der Waals surface area contributed by atoms with E-state index in [1.54, 1.807) is 0 Å². The quantitative estimate of drug-likeness (QED) is 0.478. The van der Waals surface area contributed by atoms with Crippen LogP contribution in [0.15, 0.2) is 42.0 Å². The fraction of sp³-hybridized carbons (Fsp3) is 0.630. The summed E-state index contributed by atoms with van der Waals surface area (Å²) >= 11 is 0. The predicted molar refractivity (Wildman–Crippen MR) is 116 cm³/mol. The molecular formula is C27H34O2. The molecule has 0 bridgehead atoms. The van der Waals surface area contributed by atoms with Gasteiger partial charge in [0.1, 0.15) is 5.60 Å². The number of rotatable bonds is 0. The molecule has 3 fully saturated rings. The Bertz CT molecular complexity index is 877. The molecule has 0 aliphatic heterocycles. The SMILES string of the molecule is C[C@]12CC[C@H](O)CC1=CC[C@H]1[C@H]2CC[C@]2(C)[C@@H]1CC[C@@]2(O)C#Cc1ccccc1. The summed E-state index contributed by atoms with van der Waals surface area (Å²) in [7, 11) is 0. The minimum absolute atomic E-state index is 0.119. The van der Waals surface area contributed by atoms with Crippen molar-refractivity contribution < 1.29 is 10.2 Å². The highest BCUT2D eigenvalue weighted by Crippen LogP contribution is 2.67. The molecule has 0 radical (unpaired) electrons. The average Bonchev–Trinajstić information content (AvgIpc) is 2.99.